The third-order valence-corrected chi connectivity index (χ3v) is 1.90. The minimum absolute atomic E-state index is 0.209. The summed E-state index contributed by atoms with van der Waals surface area (Å²) in [5.74, 6) is 0.209. The quantitative estimate of drug-likeness (QED) is 0.837. The molecule has 0 aliphatic rings. The van der Waals surface area contributed by atoms with Gasteiger partial charge in [0, 0.05) is 0 Å². The SMILES string of the molecule is CS(=O)(=O)Nc1cnc(Br)cn1. The number of hydrogen-bond acceptors (Lipinski definition) is 4. The lowest BCUT2D eigenvalue weighted by atomic mass is 10.7. The zero-order valence-electron chi connectivity index (χ0n) is 6.15. The monoisotopic (exact) mass is 251 g/mol. The minimum atomic E-state index is -3.26. The van der Waals surface area contributed by atoms with Crippen molar-refractivity contribution in [1.82, 2.24) is 9.97 Å². The summed E-state index contributed by atoms with van der Waals surface area (Å²) in [6, 6.07) is 0. The molecule has 0 unspecified atom stereocenters. The predicted octanol–water partition coefficient (Wildman–Crippen LogP) is 0.611. The van der Waals surface area contributed by atoms with Crippen molar-refractivity contribution in [2.45, 2.75) is 0 Å². The molecule has 12 heavy (non-hydrogen) atoms. The van der Waals surface area contributed by atoms with Crippen LogP contribution in [0, 0.1) is 0 Å². The molecule has 1 N–H and O–H groups in total. The van der Waals surface area contributed by atoms with E-state index in [4.69, 9.17) is 0 Å². The Morgan fingerprint density at radius 2 is 2.08 bits per heavy atom. The van der Waals surface area contributed by atoms with Crippen LogP contribution in [0.4, 0.5) is 5.82 Å². The molecule has 1 aromatic rings. The van der Waals surface area contributed by atoms with Crippen molar-refractivity contribution < 1.29 is 8.42 Å². The van der Waals surface area contributed by atoms with Gasteiger partial charge in [0.05, 0.1) is 18.6 Å². The molecule has 1 aromatic heterocycles. The van der Waals surface area contributed by atoms with Crippen molar-refractivity contribution in [3.63, 3.8) is 0 Å². The van der Waals surface area contributed by atoms with E-state index in [-0.39, 0.29) is 5.82 Å². The second kappa shape index (κ2) is 3.36. The van der Waals surface area contributed by atoms with Crippen LogP contribution < -0.4 is 4.72 Å². The van der Waals surface area contributed by atoms with Crippen molar-refractivity contribution in [3.8, 4) is 0 Å². The lowest BCUT2D eigenvalue weighted by Gasteiger charge is -2.00. The molecule has 0 fully saturated rings. The first-order valence-electron chi connectivity index (χ1n) is 2.93. The molecule has 1 heterocycles. The first-order chi connectivity index (χ1) is 5.47. The van der Waals surface area contributed by atoms with Gasteiger partial charge in [-0.25, -0.2) is 18.4 Å². The summed E-state index contributed by atoms with van der Waals surface area (Å²) < 4.78 is 24.1. The van der Waals surface area contributed by atoms with Gasteiger partial charge in [-0.2, -0.15) is 0 Å². The smallest absolute Gasteiger partial charge is 0.231 e. The van der Waals surface area contributed by atoms with Crippen LogP contribution in [0.3, 0.4) is 0 Å². The maximum atomic E-state index is 10.7. The van der Waals surface area contributed by atoms with Crippen molar-refractivity contribution in [3.05, 3.63) is 17.0 Å². The van der Waals surface area contributed by atoms with Crippen molar-refractivity contribution in [2.75, 3.05) is 11.0 Å². The third kappa shape index (κ3) is 3.14. The van der Waals surface area contributed by atoms with Gasteiger partial charge in [0.2, 0.25) is 10.0 Å². The molecule has 0 radical (unpaired) electrons. The van der Waals surface area contributed by atoms with Gasteiger partial charge in [0.25, 0.3) is 0 Å². The Balaban J connectivity index is 2.85. The van der Waals surface area contributed by atoms with E-state index in [0.717, 1.165) is 6.26 Å². The Bertz CT molecular complexity index is 361. The molecular formula is C5H6BrN3O2S. The van der Waals surface area contributed by atoms with Crippen LogP contribution in [0.2, 0.25) is 0 Å². The van der Waals surface area contributed by atoms with Gasteiger partial charge in [-0.1, -0.05) is 0 Å². The Morgan fingerprint density at radius 1 is 1.42 bits per heavy atom. The van der Waals surface area contributed by atoms with Gasteiger partial charge in [-0.15, -0.1) is 0 Å². The molecule has 0 saturated heterocycles. The van der Waals surface area contributed by atoms with Crippen LogP contribution in [-0.2, 0) is 10.0 Å². The summed E-state index contributed by atoms with van der Waals surface area (Å²) in [5, 5.41) is 0. The Kier molecular flexibility index (Phi) is 2.63. The molecule has 0 aromatic carbocycles. The van der Waals surface area contributed by atoms with Crippen LogP contribution in [0.15, 0.2) is 17.0 Å². The average Bonchev–Trinajstić information content (AvgIpc) is 1.91. The largest absolute Gasteiger partial charge is 0.266 e. The molecule has 7 heteroatoms. The van der Waals surface area contributed by atoms with Gasteiger partial charge in [0.1, 0.15) is 4.60 Å². The predicted molar refractivity (Wildman–Crippen MR) is 48.2 cm³/mol. The fourth-order valence-corrected chi connectivity index (χ4v) is 1.24. The summed E-state index contributed by atoms with van der Waals surface area (Å²) in [4.78, 5) is 7.55. The number of anilines is 1. The van der Waals surface area contributed by atoms with Gasteiger partial charge in [-0.3, -0.25) is 4.72 Å². The number of halogens is 1. The van der Waals surface area contributed by atoms with E-state index < -0.39 is 10.0 Å². The van der Waals surface area contributed by atoms with E-state index in [1.807, 2.05) is 0 Å². The highest BCUT2D eigenvalue weighted by Gasteiger charge is 2.01. The van der Waals surface area contributed by atoms with Crippen LogP contribution in [0.25, 0.3) is 0 Å². The van der Waals surface area contributed by atoms with E-state index >= 15 is 0 Å². The van der Waals surface area contributed by atoms with E-state index in [9.17, 15) is 8.42 Å². The molecule has 0 bridgehead atoms. The maximum absolute atomic E-state index is 10.7. The fourth-order valence-electron chi connectivity index (χ4n) is 0.555. The van der Waals surface area contributed by atoms with Gasteiger partial charge in [-0.05, 0) is 15.9 Å². The summed E-state index contributed by atoms with van der Waals surface area (Å²) in [6.45, 7) is 0. The molecule has 1 rings (SSSR count). The Labute approximate surface area is 78.4 Å². The average molecular weight is 252 g/mol. The summed E-state index contributed by atoms with van der Waals surface area (Å²) in [5.41, 5.74) is 0. The highest BCUT2D eigenvalue weighted by molar-refractivity contribution is 9.10. The fraction of sp³-hybridized carbons (Fsp3) is 0.200. The van der Waals surface area contributed by atoms with Gasteiger partial charge in [0.15, 0.2) is 5.82 Å². The lowest BCUT2D eigenvalue weighted by molar-refractivity contribution is 0.606. The van der Waals surface area contributed by atoms with Crippen molar-refractivity contribution in [2.24, 2.45) is 0 Å². The molecule has 66 valence electrons. The van der Waals surface area contributed by atoms with E-state index in [1.54, 1.807) is 0 Å². The van der Waals surface area contributed by atoms with Crippen LogP contribution >= 0.6 is 15.9 Å². The molecule has 0 atom stereocenters. The number of nitrogens with one attached hydrogen (secondary N) is 1. The molecule has 0 spiro atoms. The van der Waals surface area contributed by atoms with Gasteiger partial charge < -0.3 is 0 Å². The first kappa shape index (κ1) is 9.40. The van der Waals surface area contributed by atoms with Crippen molar-refractivity contribution in [1.29, 1.82) is 0 Å². The first-order valence-corrected chi connectivity index (χ1v) is 5.61. The zero-order chi connectivity index (χ0) is 9.19. The molecule has 5 nitrogen and oxygen atoms in total. The number of aromatic nitrogens is 2. The molecule has 0 aliphatic carbocycles. The van der Waals surface area contributed by atoms with Gasteiger partial charge >= 0.3 is 0 Å². The molecule has 0 aliphatic heterocycles. The Morgan fingerprint density at radius 3 is 2.50 bits per heavy atom. The van der Waals surface area contributed by atoms with Crippen LogP contribution in [-0.4, -0.2) is 24.6 Å². The highest BCUT2D eigenvalue weighted by atomic mass is 79.9. The minimum Gasteiger partial charge on any atom is -0.266 e. The number of hydrogen-bond donors (Lipinski definition) is 1. The van der Waals surface area contributed by atoms with Crippen molar-refractivity contribution >= 4 is 31.8 Å². The number of sulfonamides is 1. The van der Waals surface area contributed by atoms with Crippen LogP contribution in [0.1, 0.15) is 0 Å². The lowest BCUT2D eigenvalue weighted by Crippen LogP contribution is -2.10. The highest BCUT2D eigenvalue weighted by Crippen LogP contribution is 2.06. The molecule has 0 amide bonds. The molecular weight excluding hydrogens is 246 g/mol. The Hall–Kier alpha value is -0.690. The standard InChI is InChI=1S/C5H6BrN3O2S/c1-12(10,11)9-5-3-7-4(6)2-8-5/h2-3H,1H3,(H,8,9). The van der Waals surface area contributed by atoms with Crippen LogP contribution in [0.5, 0.6) is 0 Å². The van der Waals surface area contributed by atoms with E-state index in [2.05, 4.69) is 30.6 Å². The number of rotatable bonds is 2. The summed E-state index contributed by atoms with van der Waals surface area (Å²) >= 11 is 3.07. The number of nitrogens with zero attached hydrogens (tertiary/aromatic N) is 2. The second-order valence-electron chi connectivity index (χ2n) is 2.10. The van der Waals surface area contributed by atoms with E-state index in [0.29, 0.717) is 4.60 Å². The maximum Gasteiger partial charge on any atom is 0.231 e. The zero-order valence-corrected chi connectivity index (χ0v) is 8.55. The second-order valence-corrected chi connectivity index (χ2v) is 4.66. The molecule has 0 saturated carbocycles. The summed E-state index contributed by atoms with van der Waals surface area (Å²) in [6.07, 6.45) is 3.79. The topological polar surface area (TPSA) is 72.0 Å². The summed E-state index contributed by atoms with van der Waals surface area (Å²) in [7, 11) is -3.26. The third-order valence-electron chi connectivity index (χ3n) is 0.910. The van der Waals surface area contributed by atoms with E-state index in [1.165, 1.54) is 12.4 Å². The normalized spacial score (nSPS) is 11.2.